The van der Waals surface area contributed by atoms with Gasteiger partial charge in [-0.25, -0.2) is 8.78 Å². The van der Waals surface area contributed by atoms with Gasteiger partial charge in [0, 0.05) is 50.4 Å². The first-order valence-electron chi connectivity index (χ1n) is 13.0. The van der Waals surface area contributed by atoms with Crippen LogP contribution in [0.15, 0.2) is 54.2 Å². The van der Waals surface area contributed by atoms with Crippen molar-refractivity contribution in [2.45, 2.75) is 59.5 Å². The maximum absolute atomic E-state index is 12.9. The summed E-state index contributed by atoms with van der Waals surface area (Å²) >= 11 is 0. The second kappa shape index (κ2) is 17.6. The second-order valence-corrected chi connectivity index (χ2v) is 9.32. The largest absolute Gasteiger partial charge is 0.392 e. The Bertz CT molecular complexity index is 890. The fraction of sp³-hybridized carbons (Fsp3) is 0.517. The number of aliphatic hydroxyl groups excluding tert-OH is 1. The molecule has 1 aromatic carbocycles. The summed E-state index contributed by atoms with van der Waals surface area (Å²) < 4.78 is 24.4. The Hall–Kier alpha value is -2.84. The topological polar surface area (TPSA) is 72.9 Å². The van der Waals surface area contributed by atoms with Gasteiger partial charge in [0.05, 0.1) is 6.10 Å². The molecule has 37 heavy (non-hydrogen) atoms. The van der Waals surface area contributed by atoms with E-state index in [1.165, 1.54) is 18.2 Å². The van der Waals surface area contributed by atoms with Crippen LogP contribution in [-0.4, -0.2) is 72.1 Å². The molecule has 0 aliphatic carbocycles. The molecule has 1 atom stereocenters. The summed E-state index contributed by atoms with van der Waals surface area (Å²) in [6, 6.07) is 3.42. The first kappa shape index (κ1) is 32.2. The van der Waals surface area contributed by atoms with E-state index >= 15 is 0 Å². The molecule has 1 aliphatic rings. The van der Waals surface area contributed by atoms with Crippen molar-refractivity contribution in [2.24, 2.45) is 0 Å². The number of aliphatic hydroxyl groups is 1. The number of carbonyl (C=O) groups is 2. The minimum Gasteiger partial charge on any atom is -0.392 e. The van der Waals surface area contributed by atoms with Crippen LogP contribution in [0.2, 0.25) is 0 Å². The second-order valence-electron chi connectivity index (χ2n) is 9.32. The predicted octanol–water partition coefficient (Wildman–Crippen LogP) is 4.54. The van der Waals surface area contributed by atoms with Crippen molar-refractivity contribution in [1.29, 1.82) is 0 Å². The van der Waals surface area contributed by atoms with E-state index < -0.39 is 11.6 Å². The van der Waals surface area contributed by atoms with Crippen LogP contribution in [0.25, 0.3) is 0 Å². The SMILES string of the molecule is C=C/C(C)=C\C(=C/C(=O)NCCCN1CCC(O)C1)C(=O)N(CCC)CCC.Cc1cc(F)cc(F)c1. The van der Waals surface area contributed by atoms with Gasteiger partial charge < -0.3 is 20.2 Å². The molecule has 6 nitrogen and oxygen atoms in total. The molecule has 1 saturated heterocycles. The minimum atomic E-state index is -0.521. The molecule has 0 spiro atoms. The fourth-order valence-corrected chi connectivity index (χ4v) is 3.92. The van der Waals surface area contributed by atoms with E-state index in [1.54, 1.807) is 24.0 Å². The third-order valence-electron chi connectivity index (χ3n) is 5.72. The van der Waals surface area contributed by atoms with Gasteiger partial charge in [-0.15, -0.1) is 0 Å². The summed E-state index contributed by atoms with van der Waals surface area (Å²) in [5.74, 6) is -1.42. The molecule has 2 amide bonds. The van der Waals surface area contributed by atoms with Gasteiger partial charge in [0.2, 0.25) is 5.91 Å². The molecule has 0 saturated carbocycles. The number of amides is 2. The molecule has 0 bridgehead atoms. The number of carbonyl (C=O) groups excluding carboxylic acids is 2. The number of halogens is 2. The van der Waals surface area contributed by atoms with Crippen LogP contribution in [0.1, 0.15) is 52.0 Å². The monoisotopic (exact) mass is 519 g/mol. The Labute approximate surface area is 220 Å². The van der Waals surface area contributed by atoms with Gasteiger partial charge in [0.25, 0.3) is 5.91 Å². The van der Waals surface area contributed by atoms with E-state index in [9.17, 15) is 23.5 Å². The summed E-state index contributed by atoms with van der Waals surface area (Å²) in [5, 5.41) is 12.4. The quantitative estimate of drug-likeness (QED) is 0.242. The average Bonchev–Trinajstić information content (AvgIpc) is 3.25. The van der Waals surface area contributed by atoms with Crippen LogP contribution in [0.5, 0.6) is 0 Å². The van der Waals surface area contributed by atoms with E-state index in [-0.39, 0.29) is 17.9 Å². The number of allylic oxidation sites excluding steroid dienone is 2. The van der Waals surface area contributed by atoms with Crippen LogP contribution < -0.4 is 5.32 Å². The average molecular weight is 520 g/mol. The first-order chi connectivity index (χ1) is 17.6. The van der Waals surface area contributed by atoms with Gasteiger partial charge in [0.15, 0.2) is 0 Å². The van der Waals surface area contributed by atoms with Gasteiger partial charge in [0.1, 0.15) is 11.6 Å². The summed E-state index contributed by atoms with van der Waals surface area (Å²) in [7, 11) is 0. The van der Waals surface area contributed by atoms with Gasteiger partial charge >= 0.3 is 0 Å². The molecule has 206 valence electrons. The van der Waals surface area contributed by atoms with Crippen molar-refractivity contribution < 1.29 is 23.5 Å². The molecule has 0 radical (unpaired) electrons. The molecule has 2 N–H and O–H groups in total. The van der Waals surface area contributed by atoms with Gasteiger partial charge in [-0.05, 0) is 69.8 Å². The highest BCUT2D eigenvalue weighted by molar-refractivity contribution is 6.03. The van der Waals surface area contributed by atoms with E-state index in [0.29, 0.717) is 37.3 Å². The molecular weight excluding hydrogens is 476 g/mol. The van der Waals surface area contributed by atoms with Crippen molar-refractivity contribution in [1.82, 2.24) is 15.1 Å². The van der Waals surface area contributed by atoms with Crippen LogP contribution >= 0.6 is 0 Å². The van der Waals surface area contributed by atoms with Gasteiger partial charge in [-0.2, -0.15) is 0 Å². The van der Waals surface area contributed by atoms with E-state index in [4.69, 9.17) is 0 Å². The lowest BCUT2D eigenvalue weighted by Crippen LogP contribution is -2.34. The Morgan fingerprint density at radius 2 is 1.78 bits per heavy atom. The summed E-state index contributed by atoms with van der Waals surface area (Å²) in [6.45, 7) is 15.7. The van der Waals surface area contributed by atoms with Crippen molar-refractivity contribution >= 4 is 11.8 Å². The highest BCUT2D eigenvalue weighted by Gasteiger charge is 2.19. The number of benzene rings is 1. The maximum atomic E-state index is 12.9. The number of hydrogen-bond donors (Lipinski definition) is 2. The minimum absolute atomic E-state index is 0.119. The number of nitrogens with zero attached hydrogens (tertiary/aromatic N) is 2. The third kappa shape index (κ3) is 13.3. The lowest BCUT2D eigenvalue weighted by Gasteiger charge is -2.22. The molecule has 1 heterocycles. The number of β-amino-alcohol motifs (C(OH)–C–C–N with tert-alkyl or cyclic N) is 1. The molecule has 1 aromatic rings. The number of hydrogen-bond acceptors (Lipinski definition) is 4. The van der Waals surface area contributed by atoms with Crippen molar-refractivity contribution in [2.75, 3.05) is 39.3 Å². The highest BCUT2D eigenvalue weighted by Crippen LogP contribution is 2.11. The van der Waals surface area contributed by atoms with Crippen molar-refractivity contribution in [3.05, 3.63) is 71.4 Å². The van der Waals surface area contributed by atoms with Gasteiger partial charge in [-0.1, -0.05) is 32.1 Å². The van der Waals surface area contributed by atoms with Gasteiger partial charge in [-0.3, -0.25) is 9.59 Å². The predicted molar refractivity (Wildman–Crippen MR) is 145 cm³/mol. The van der Waals surface area contributed by atoms with Crippen molar-refractivity contribution in [3.63, 3.8) is 0 Å². The summed E-state index contributed by atoms with van der Waals surface area (Å²) in [5.41, 5.74) is 1.83. The Balaban J connectivity index is 0.000000635. The highest BCUT2D eigenvalue weighted by atomic mass is 19.1. The van der Waals surface area contributed by atoms with Crippen LogP contribution in [-0.2, 0) is 9.59 Å². The molecule has 0 aromatic heterocycles. The number of nitrogens with one attached hydrogen (secondary N) is 1. The zero-order valence-corrected chi connectivity index (χ0v) is 22.7. The van der Waals surface area contributed by atoms with Crippen LogP contribution in [0.3, 0.4) is 0 Å². The number of rotatable bonds is 12. The molecule has 1 fully saturated rings. The Morgan fingerprint density at radius 3 is 2.27 bits per heavy atom. The molecule has 1 aliphatic heterocycles. The lowest BCUT2D eigenvalue weighted by molar-refractivity contribution is -0.127. The number of aryl methyl sites for hydroxylation is 1. The zero-order valence-electron chi connectivity index (χ0n) is 22.7. The summed E-state index contributed by atoms with van der Waals surface area (Å²) in [4.78, 5) is 29.3. The smallest absolute Gasteiger partial charge is 0.254 e. The Morgan fingerprint density at radius 1 is 1.16 bits per heavy atom. The molecular formula is C29H43F2N3O3. The molecule has 8 heteroatoms. The zero-order chi connectivity index (χ0) is 27.8. The standard InChI is InChI=1S/C22H37N3O3.C7H6F2/c1-5-11-25(12-6-2)22(28)19(15-18(4)7-3)16-21(27)23-10-8-13-24-14-9-20(26)17-24;1-5-2-6(8)4-7(9)3-5/h7,15-16,20,26H,3,5-6,8-14,17H2,1-2,4H3,(H,23,27);2-4H,1H3/b18-15-,19-16+;. The van der Waals surface area contributed by atoms with Crippen LogP contribution in [0.4, 0.5) is 8.78 Å². The van der Waals surface area contributed by atoms with E-state index in [2.05, 4.69) is 16.8 Å². The fourth-order valence-electron chi connectivity index (χ4n) is 3.92. The normalized spacial score (nSPS) is 16.1. The maximum Gasteiger partial charge on any atom is 0.254 e. The van der Waals surface area contributed by atoms with E-state index in [1.807, 2.05) is 20.8 Å². The first-order valence-corrected chi connectivity index (χ1v) is 13.0. The van der Waals surface area contributed by atoms with Crippen molar-refractivity contribution in [3.8, 4) is 0 Å². The third-order valence-corrected chi connectivity index (χ3v) is 5.72. The lowest BCUT2D eigenvalue weighted by atomic mass is 10.1. The van der Waals surface area contributed by atoms with Crippen LogP contribution in [0, 0.1) is 18.6 Å². The molecule has 1 unspecified atom stereocenters. The van der Waals surface area contributed by atoms with E-state index in [0.717, 1.165) is 50.4 Å². The Kier molecular flexibility index (Phi) is 15.3. The summed E-state index contributed by atoms with van der Waals surface area (Å²) in [6.07, 6.45) is 7.96. The number of likely N-dealkylation sites (tertiary alicyclic amines) is 1. The molecule has 2 rings (SSSR count).